The van der Waals surface area contributed by atoms with Gasteiger partial charge in [0.05, 0.1) is 6.61 Å². The maximum absolute atomic E-state index is 11.1. The molecular formula is C38H74O6. The Bertz CT molecular complexity index is 604. The predicted molar refractivity (Wildman–Crippen MR) is 186 cm³/mol. The first kappa shape index (κ1) is 44.7. The second kappa shape index (κ2) is 39.6. The zero-order chi connectivity index (χ0) is 32.8. The maximum Gasteiger partial charge on any atom is 0.331 e. The molecule has 6 heteroatoms. The summed E-state index contributed by atoms with van der Waals surface area (Å²) < 4.78 is 4.91. The summed E-state index contributed by atoms with van der Waals surface area (Å²) >= 11 is 0. The van der Waals surface area contributed by atoms with Gasteiger partial charge in [-0.15, -0.1) is 0 Å². The van der Waals surface area contributed by atoms with E-state index in [0.29, 0.717) is 13.0 Å². The lowest BCUT2D eigenvalue weighted by Crippen LogP contribution is -2.03. The number of carbonyl (C=O) groups excluding carboxylic acids is 1. The fourth-order valence-electron chi connectivity index (χ4n) is 5.36. The van der Waals surface area contributed by atoms with Crippen LogP contribution in [0.25, 0.3) is 0 Å². The molecule has 0 spiro atoms. The van der Waals surface area contributed by atoms with Crippen molar-refractivity contribution in [2.24, 2.45) is 0 Å². The Morgan fingerprint density at radius 2 is 0.773 bits per heavy atom. The number of ether oxygens (including phenoxy) is 1. The van der Waals surface area contributed by atoms with Crippen LogP contribution in [0.1, 0.15) is 206 Å². The third-order valence-electron chi connectivity index (χ3n) is 8.17. The third kappa shape index (κ3) is 45.0. The number of esters is 1. The van der Waals surface area contributed by atoms with E-state index in [1.54, 1.807) is 0 Å². The van der Waals surface area contributed by atoms with Crippen molar-refractivity contribution in [1.29, 1.82) is 0 Å². The van der Waals surface area contributed by atoms with Gasteiger partial charge in [-0.25, -0.2) is 9.59 Å². The smallest absolute Gasteiger partial charge is 0.331 e. The molecule has 0 fully saturated rings. The Balaban J connectivity index is 0. The molecule has 0 aromatic rings. The molecule has 0 amide bonds. The molecule has 0 unspecified atom stereocenters. The lowest BCUT2D eigenvalue weighted by atomic mass is 10.0. The van der Waals surface area contributed by atoms with Crippen LogP contribution < -0.4 is 0 Å². The fourth-order valence-corrected chi connectivity index (χ4v) is 5.36. The number of aliphatic hydroxyl groups is 2. The Labute approximate surface area is 272 Å². The summed E-state index contributed by atoms with van der Waals surface area (Å²) in [5, 5.41) is 25.8. The molecule has 0 aliphatic carbocycles. The topological polar surface area (TPSA) is 104 Å². The van der Waals surface area contributed by atoms with Crippen LogP contribution in [-0.2, 0) is 14.3 Å². The zero-order valence-electron chi connectivity index (χ0n) is 29.2. The zero-order valence-corrected chi connectivity index (χ0v) is 29.2. The SMILES string of the molecule is CCCCCCCCCCCCCCCCCC(O)O.CCCCCCCCCCCCCCCCOC(=O)/C=C\C(=O)O. The van der Waals surface area contributed by atoms with Crippen molar-refractivity contribution in [3.63, 3.8) is 0 Å². The highest BCUT2D eigenvalue weighted by molar-refractivity contribution is 5.90. The van der Waals surface area contributed by atoms with Crippen LogP contribution in [0.2, 0.25) is 0 Å². The average molecular weight is 627 g/mol. The first-order valence-electron chi connectivity index (χ1n) is 18.9. The van der Waals surface area contributed by atoms with Gasteiger partial charge >= 0.3 is 11.9 Å². The molecule has 0 radical (unpaired) electrons. The highest BCUT2D eigenvalue weighted by Gasteiger charge is 1.99. The first-order chi connectivity index (χ1) is 21.4. The van der Waals surface area contributed by atoms with E-state index in [0.717, 1.165) is 37.8 Å². The quantitative estimate of drug-likeness (QED) is 0.0290. The Hall–Kier alpha value is -1.40. The van der Waals surface area contributed by atoms with Crippen LogP contribution in [0.4, 0.5) is 0 Å². The normalized spacial score (nSPS) is 11.2. The molecule has 0 aliphatic heterocycles. The molecule has 0 aliphatic rings. The Kier molecular flexibility index (Phi) is 40.3. The number of carboxylic acids is 1. The van der Waals surface area contributed by atoms with E-state index in [4.69, 9.17) is 20.1 Å². The van der Waals surface area contributed by atoms with Gasteiger partial charge in [-0.2, -0.15) is 0 Å². The molecule has 0 saturated carbocycles. The van der Waals surface area contributed by atoms with Crippen molar-refractivity contribution < 1.29 is 29.6 Å². The minimum Gasteiger partial charge on any atom is -0.478 e. The number of hydrogen-bond donors (Lipinski definition) is 3. The molecule has 0 heterocycles. The van der Waals surface area contributed by atoms with Crippen LogP contribution in [0, 0.1) is 0 Å². The lowest BCUT2D eigenvalue weighted by Gasteiger charge is -2.04. The summed E-state index contributed by atoms with van der Waals surface area (Å²) in [4.78, 5) is 21.3. The van der Waals surface area contributed by atoms with Gasteiger partial charge in [-0.05, 0) is 19.3 Å². The van der Waals surface area contributed by atoms with Gasteiger partial charge in [0.25, 0.3) is 0 Å². The largest absolute Gasteiger partial charge is 0.478 e. The average Bonchev–Trinajstić information content (AvgIpc) is 3.00. The number of unbranched alkanes of at least 4 members (excludes halogenated alkanes) is 27. The van der Waals surface area contributed by atoms with Crippen molar-refractivity contribution in [1.82, 2.24) is 0 Å². The molecular weight excluding hydrogens is 552 g/mol. The van der Waals surface area contributed by atoms with Crippen molar-refractivity contribution >= 4 is 11.9 Å². The first-order valence-corrected chi connectivity index (χ1v) is 18.9. The highest BCUT2D eigenvalue weighted by atomic mass is 16.5. The summed E-state index contributed by atoms with van der Waals surface area (Å²) in [7, 11) is 0. The summed E-state index contributed by atoms with van der Waals surface area (Å²) in [5.41, 5.74) is 0. The number of carbonyl (C=O) groups is 2. The van der Waals surface area contributed by atoms with E-state index in [2.05, 4.69) is 13.8 Å². The van der Waals surface area contributed by atoms with E-state index in [9.17, 15) is 9.59 Å². The second-order valence-corrected chi connectivity index (χ2v) is 12.7. The van der Waals surface area contributed by atoms with Crippen LogP contribution in [0.3, 0.4) is 0 Å². The van der Waals surface area contributed by atoms with E-state index < -0.39 is 18.2 Å². The van der Waals surface area contributed by atoms with Crippen molar-refractivity contribution in [2.75, 3.05) is 6.61 Å². The number of aliphatic hydroxyl groups excluding tert-OH is 1. The summed E-state index contributed by atoms with van der Waals surface area (Å²) in [6, 6.07) is 0. The molecule has 0 saturated heterocycles. The van der Waals surface area contributed by atoms with Crippen molar-refractivity contribution in [3.8, 4) is 0 Å². The summed E-state index contributed by atoms with van der Waals surface area (Å²) in [5.74, 6) is -1.71. The van der Waals surface area contributed by atoms with Gasteiger partial charge in [0.1, 0.15) is 0 Å². The Morgan fingerprint density at radius 1 is 0.477 bits per heavy atom. The van der Waals surface area contributed by atoms with Gasteiger partial charge in [0.2, 0.25) is 0 Å². The molecule has 0 atom stereocenters. The van der Waals surface area contributed by atoms with Crippen LogP contribution in [-0.4, -0.2) is 40.2 Å². The van der Waals surface area contributed by atoms with Crippen LogP contribution >= 0.6 is 0 Å². The molecule has 0 bridgehead atoms. The summed E-state index contributed by atoms with van der Waals surface area (Å²) in [6.45, 7) is 4.91. The minimum absolute atomic E-state index is 0.376. The minimum atomic E-state index is -1.14. The number of aliphatic carboxylic acids is 1. The van der Waals surface area contributed by atoms with Crippen molar-refractivity contribution in [2.45, 2.75) is 213 Å². The van der Waals surface area contributed by atoms with Crippen LogP contribution in [0.15, 0.2) is 12.2 Å². The molecule has 0 aromatic carbocycles. The molecule has 3 N–H and O–H groups in total. The summed E-state index contributed by atoms with van der Waals surface area (Å²) in [6.07, 6.45) is 39.4. The van der Waals surface area contributed by atoms with E-state index >= 15 is 0 Å². The molecule has 262 valence electrons. The maximum atomic E-state index is 11.1. The number of hydrogen-bond acceptors (Lipinski definition) is 5. The third-order valence-corrected chi connectivity index (χ3v) is 8.17. The van der Waals surface area contributed by atoms with Gasteiger partial charge in [0, 0.05) is 12.2 Å². The van der Waals surface area contributed by atoms with Crippen LogP contribution in [0.5, 0.6) is 0 Å². The van der Waals surface area contributed by atoms with Crippen molar-refractivity contribution in [3.05, 3.63) is 12.2 Å². The van der Waals surface area contributed by atoms with Gasteiger partial charge in [0.15, 0.2) is 6.29 Å². The Morgan fingerprint density at radius 3 is 1.07 bits per heavy atom. The molecule has 0 aromatic heterocycles. The van der Waals surface area contributed by atoms with E-state index in [-0.39, 0.29) is 0 Å². The molecule has 6 nitrogen and oxygen atoms in total. The van der Waals surface area contributed by atoms with E-state index in [1.807, 2.05) is 0 Å². The highest BCUT2D eigenvalue weighted by Crippen LogP contribution is 2.15. The van der Waals surface area contributed by atoms with Gasteiger partial charge in [-0.3, -0.25) is 0 Å². The predicted octanol–water partition coefficient (Wildman–Crippen LogP) is 11.2. The van der Waals surface area contributed by atoms with E-state index in [1.165, 1.54) is 161 Å². The van der Waals surface area contributed by atoms with Gasteiger partial charge < -0.3 is 20.1 Å². The van der Waals surface area contributed by atoms with Gasteiger partial charge in [-0.1, -0.05) is 187 Å². The number of carboxylic acid groups (broad SMARTS) is 1. The molecule has 44 heavy (non-hydrogen) atoms. The number of rotatable bonds is 33. The fraction of sp³-hybridized carbons (Fsp3) is 0.895. The lowest BCUT2D eigenvalue weighted by molar-refractivity contribution is -0.138. The molecule has 0 rings (SSSR count). The second-order valence-electron chi connectivity index (χ2n) is 12.7. The standard InChI is InChI=1S/C20H36O4.C18H38O2/c1-2-3-4-5-6-7-8-9-10-11-12-13-14-15-18-24-20(23)17-16-19(21)22;1-2-3-4-5-6-7-8-9-10-11-12-13-14-15-16-17-18(19)20/h16-17H,2-15,18H2,1H3,(H,21,22);18-20H,2-17H2,1H3/b17-16-;. The monoisotopic (exact) mass is 627 g/mol.